The van der Waals surface area contributed by atoms with E-state index in [4.69, 9.17) is 32.7 Å². The van der Waals surface area contributed by atoms with Crippen LogP contribution in [-0.4, -0.2) is 25.1 Å². The summed E-state index contributed by atoms with van der Waals surface area (Å²) in [6, 6.07) is 4.81. The average Bonchev–Trinajstić information content (AvgIpc) is 3.05. The standard InChI is InChI=1S/C23H27Cl2NO4S/c1-12(30-17-9-7-14(24)11-16(17)25)20(27)26-21-19(22(28)29-5)15-8-6-13(23(2,3)4)10-18(15)31-21/h7,9,11-13H,6,8,10H2,1-5H3,(H,26,27). The van der Waals surface area contributed by atoms with Gasteiger partial charge in [-0.2, -0.15) is 0 Å². The van der Waals surface area contributed by atoms with E-state index >= 15 is 0 Å². The Labute approximate surface area is 197 Å². The van der Waals surface area contributed by atoms with E-state index < -0.39 is 12.1 Å². The van der Waals surface area contributed by atoms with Crippen LogP contribution in [0.2, 0.25) is 10.0 Å². The van der Waals surface area contributed by atoms with Crippen LogP contribution in [0.15, 0.2) is 18.2 Å². The minimum absolute atomic E-state index is 0.177. The van der Waals surface area contributed by atoms with Gasteiger partial charge in [-0.1, -0.05) is 44.0 Å². The summed E-state index contributed by atoms with van der Waals surface area (Å²) in [5.41, 5.74) is 1.62. The first-order valence-electron chi connectivity index (χ1n) is 10.2. The lowest BCUT2D eigenvalue weighted by Crippen LogP contribution is -2.30. The third-order valence-electron chi connectivity index (χ3n) is 5.68. The Balaban J connectivity index is 1.82. The second-order valence-electron chi connectivity index (χ2n) is 8.83. The van der Waals surface area contributed by atoms with Gasteiger partial charge in [-0.25, -0.2) is 4.79 Å². The topological polar surface area (TPSA) is 64.6 Å². The molecule has 2 aromatic rings. The fraction of sp³-hybridized carbons (Fsp3) is 0.478. The van der Waals surface area contributed by atoms with Gasteiger partial charge in [-0.05, 0) is 61.3 Å². The number of hydrogen-bond donors (Lipinski definition) is 1. The number of ether oxygens (including phenoxy) is 2. The van der Waals surface area contributed by atoms with Gasteiger partial charge in [-0.15, -0.1) is 11.3 Å². The molecule has 0 bridgehead atoms. The Morgan fingerprint density at radius 3 is 2.58 bits per heavy atom. The molecular weight excluding hydrogens is 457 g/mol. The van der Waals surface area contributed by atoms with Crippen molar-refractivity contribution in [2.75, 3.05) is 12.4 Å². The minimum atomic E-state index is -0.828. The number of carbonyl (C=O) groups is 2. The SMILES string of the molecule is COC(=O)c1c(NC(=O)C(C)Oc2ccc(Cl)cc2Cl)sc2c1CCC(C(C)(C)C)C2. The van der Waals surface area contributed by atoms with E-state index in [1.165, 1.54) is 18.4 Å². The maximum absolute atomic E-state index is 12.8. The Hall–Kier alpha value is -1.76. The minimum Gasteiger partial charge on any atom is -0.479 e. The van der Waals surface area contributed by atoms with Crippen LogP contribution in [0.1, 0.15) is 54.9 Å². The summed E-state index contributed by atoms with van der Waals surface area (Å²) in [5, 5.41) is 4.18. The zero-order valence-electron chi connectivity index (χ0n) is 18.3. The van der Waals surface area contributed by atoms with Gasteiger partial charge >= 0.3 is 5.97 Å². The number of benzene rings is 1. The van der Waals surface area contributed by atoms with Crippen LogP contribution in [0, 0.1) is 11.3 Å². The van der Waals surface area contributed by atoms with E-state index in [0.29, 0.717) is 32.3 Å². The zero-order valence-corrected chi connectivity index (χ0v) is 20.6. The number of anilines is 1. The van der Waals surface area contributed by atoms with E-state index in [1.807, 2.05) is 0 Å². The van der Waals surface area contributed by atoms with Gasteiger partial charge in [0.25, 0.3) is 5.91 Å². The molecule has 0 saturated carbocycles. The predicted molar refractivity (Wildman–Crippen MR) is 126 cm³/mol. The van der Waals surface area contributed by atoms with Gasteiger partial charge in [0.05, 0.1) is 17.7 Å². The molecule has 1 N–H and O–H groups in total. The number of halogens is 2. The molecule has 1 aliphatic carbocycles. The highest BCUT2D eigenvalue weighted by Crippen LogP contribution is 2.44. The van der Waals surface area contributed by atoms with E-state index in [2.05, 4.69) is 26.1 Å². The van der Waals surface area contributed by atoms with Gasteiger partial charge in [0.1, 0.15) is 10.8 Å². The first-order valence-corrected chi connectivity index (χ1v) is 11.7. The monoisotopic (exact) mass is 483 g/mol. The van der Waals surface area contributed by atoms with E-state index in [-0.39, 0.29) is 11.3 Å². The van der Waals surface area contributed by atoms with Crippen molar-refractivity contribution in [1.29, 1.82) is 0 Å². The first kappa shape index (κ1) is 23.9. The van der Waals surface area contributed by atoms with E-state index in [0.717, 1.165) is 29.7 Å². The fourth-order valence-corrected chi connectivity index (χ4v) is 5.53. The average molecular weight is 484 g/mol. The van der Waals surface area contributed by atoms with Crippen molar-refractivity contribution in [2.24, 2.45) is 11.3 Å². The summed E-state index contributed by atoms with van der Waals surface area (Å²) in [7, 11) is 1.35. The van der Waals surface area contributed by atoms with Crippen molar-refractivity contribution in [3.63, 3.8) is 0 Å². The summed E-state index contributed by atoms with van der Waals surface area (Å²) in [6.07, 6.45) is 1.85. The third kappa shape index (κ3) is 5.36. The molecule has 2 unspecified atom stereocenters. The lowest BCUT2D eigenvalue weighted by molar-refractivity contribution is -0.122. The molecule has 3 rings (SSSR count). The number of esters is 1. The van der Waals surface area contributed by atoms with Crippen LogP contribution >= 0.6 is 34.5 Å². The van der Waals surface area contributed by atoms with Crippen molar-refractivity contribution in [3.8, 4) is 5.75 Å². The second-order valence-corrected chi connectivity index (χ2v) is 10.8. The number of fused-ring (bicyclic) bond motifs is 1. The number of carbonyl (C=O) groups excluding carboxylic acids is 2. The number of nitrogens with one attached hydrogen (secondary N) is 1. The number of rotatable bonds is 5. The highest BCUT2D eigenvalue weighted by atomic mass is 35.5. The fourth-order valence-electron chi connectivity index (χ4n) is 3.76. The summed E-state index contributed by atoms with van der Waals surface area (Å²) in [5.74, 6) is 0.0702. The van der Waals surface area contributed by atoms with Crippen LogP contribution < -0.4 is 10.1 Å². The molecule has 5 nitrogen and oxygen atoms in total. The Bertz CT molecular complexity index is 996. The molecule has 1 aromatic heterocycles. The van der Waals surface area contributed by atoms with E-state index in [9.17, 15) is 9.59 Å². The van der Waals surface area contributed by atoms with Crippen molar-refractivity contribution in [1.82, 2.24) is 0 Å². The molecule has 8 heteroatoms. The van der Waals surface area contributed by atoms with Crippen LogP contribution in [0.4, 0.5) is 5.00 Å². The van der Waals surface area contributed by atoms with Gasteiger partial charge < -0.3 is 14.8 Å². The molecule has 0 radical (unpaired) electrons. The molecule has 0 fully saturated rings. The number of hydrogen-bond acceptors (Lipinski definition) is 5. The maximum atomic E-state index is 12.8. The normalized spacial score (nSPS) is 16.9. The van der Waals surface area contributed by atoms with Crippen molar-refractivity contribution in [2.45, 2.75) is 53.1 Å². The molecule has 1 aliphatic rings. The lowest BCUT2D eigenvalue weighted by Gasteiger charge is -2.33. The predicted octanol–water partition coefficient (Wildman–Crippen LogP) is 6.40. The van der Waals surface area contributed by atoms with Crippen LogP contribution in [0.25, 0.3) is 0 Å². The van der Waals surface area contributed by atoms with Gasteiger partial charge in [0.15, 0.2) is 6.10 Å². The highest BCUT2D eigenvalue weighted by Gasteiger charge is 2.34. The van der Waals surface area contributed by atoms with Crippen molar-refractivity contribution >= 4 is 51.4 Å². The molecule has 1 amide bonds. The summed E-state index contributed by atoms with van der Waals surface area (Å²) < 4.78 is 10.7. The Kier molecular flexibility index (Phi) is 7.24. The third-order valence-corrected chi connectivity index (χ3v) is 7.38. The second kappa shape index (κ2) is 9.39. The smallest absolute Gasteiger partial charge is 0.341 e. The summed E-state index contributed by atoms with van der Waals surface area (Å²) in [4.78, 5) is 26.5. The first-order chi connectivity index (χ1) is 14.5. The number of methoxy groups -OCH3 is 1. The summed E-state index contributed by atoms with van der Waals surface area (Å²) >= 11 is 13.5. The highest BCUT2D eigenvalue weighted by molar-refractivity contribution is 7.17. The molecular formula is C23H27Cl2NO4S. The maximum Gasteiger partial charge on any atom is 0.341 e. The van der Waals surface area contributed by atoms with Gasteiger partial charge in [0.2, 0.25) is 0 Å². The molecule has 31 heavy (non-hydrogen) atoms. The lowest BCUT2D eigenvalue weighted by atomic mass is 9.72. The quantitative estimate of drug-likeness (QED) is 0.499. The molecule has 0 spiro atoms. The largest absolute Gasteiger partial charge is 0.479 e. The molecule has 0 aliphatic heterocycles. The summed E-state index contributed by atoms with van der Waals surface area (Å²) in [6.45, 7) is 8.34. The number of thiophene rings is 1. The molecule has 1 aromatic carbocycles. The van der Waals surface area contributed by atoms with Crippen LogP contribution in [0.5, 0.6) is 5.75 Å². The zero-order chi connectivity index (χ0) is 22.9. The van der Waals surface area contributed by atoms with Crippen molar-refractivity contribution < 1.29 is 19.1 Å². The number of amides is 1. The van der Waals surface area contributed by atoms with Crippen molar-refractivity contribution in [3.05, 3.63) is 44.2 Å². The molecule has 2 atom stereocenters. The molecule has 0 saturated heterocycles. The Morgan fingerprint density at radius 2 is 1.97 bits per heavy atom. The van der Waals surface area contributed by atoms with Gasteiger partial charge in [-0.3, -0.25) is 4.79 Å². The van der Waals surface area contributed by atoms with E-state index in [1.54, 1.807) is 25.1 Å². The molecule has 168 valence electrons. The molecule has 1 heterocycles. The van der Waals surface area contributed by atoms with Crippen LogP contribution in [0.3, 0.4) is 0 Å². The van der Waals surface area contributed by atoms with Gasteiger partial charge in [0, 0.05) is 9.90 Å². The van der Waals surface area contributed by atoms with Crippen LogP contribution in [-0.2, 0) is 22.4 Å². The Morgan fingerprint density at radius 1 is 1.26 bits per heavy atom.